The summed E-state index contributed by atoms with van der Waals surface area (Å²) < 4.78 is 25.2. The average molecular weight is 608 g/mol. The minimum Gasteiger partial charge on any atom is -0.493 e. The van der Waals surface area contributed by atoms with E-state index in [2.05, 4.69) is 15.9 Å². The Morgan fingerprint density at radius 3 is 2.51 bits per heavy atom. The van der Waals surface area contributed by atoms with E-state index in [1.54, 1.807) is 30.3 Å². The van der Waals surface area contributed by atoms with Crippen LogP contribution >= 0.6 is 39.3 Å². The molecule has 1 heterocycles. The van der Waals surface area contributed by atoms with Gasteiger partial charge in [-0.25, -0.2) is 4.39 Å². The van der Waals surface area contributed by atoms with E-state index in [0.717, 1.165) is 28.3 Å². The Balaban J connectivity index is 1.51. The molecule has 1 saturated heterocycles. The summed E-state index contributed by atoms with van der Waals surface area (Å²) in [6.45, 7) is 0.0615. The quantitative estimate of drug-likeness (QED) is 0.155. The summed E-state index contributed by atoms with van der Waals surface area (Å²) >= 11 is 10.3. The normalized spacial score (nSPS) is 14.4. The van der Waals surface area contributed by atoms with Crippen molar-refractivity contribution in [3.8, 4) is 11.5 Å². The highest BCUT2D eigenvalue weighted by molar-refractivity contribution is 9.10. The van der Waals surface area contributed by atoms with Crippen molar-refractivity contribution in [1.82, 2.24) is 4.90 Å². The summed E-state index contributed by atoms with van der Waals surface area (Å²) in [6, 6.07) is 13.1. The maximum Gasteiger partial charge on any atom is 0.293 e. The second-order valence-corrected chi connectivity index (χ2v) is 10.00. The number of nitrogens with zero attached hydrogens (tertiary/aromatic N) is 2. The molecule has 0 aliphatic carbocycles. The molecular formula is C25H17BrClFN2O6S. The van der Waals surface area contributed by atoms with E-state index in [0.29, 0.717) is 27.1 Å². The molecule has 0 bridgehead atoms. The Hall–Kier alpha value is -3.41. The smallest absolute Gasteiger partial charge is 0.293 e. The number of imide groups is 1. The van der Waals surface area contributed by atoms with Crippen molar-refractivity contribution in [2.24, 2.45) is 0 Å². The molecule has 0 unspecified atom stereocenters. The van der Waals surface area contributed by atoms with Crippen molar-refractivity contribution < 1.29 is 28.4 Å². The molecule has 4 rings (SSSR count). The zero-order valence-corrected chi connectivity index (χ0v) is 22.2. The largest absolute Gasteiger partial charge is 0.493 e. The van der Waals surface area contributed by atoms with Gasteiger partial charge in [-0.3, -0.25) is 24.6 Å². The first kappa shape index (κ1) is 26.6. The number of methoxy groups -OCH3 is 1. The highest BCUT2D eigenvalue weighted by Gasteiger charge is 2.35. The molecule has 8 nitrogen and oxygen atoms in total. The number of amides is 2. The molecule has 0 aromatic heterocycles. The third-order valence-electron chi connectivity index (χ3n) is 5.33. The van der Waals surface area contributed by atoms with E-state index in [4.69, 9.17) is 21.1 Å². The highest BCUT2D eigenvalue weighted by atomic mass is 79.9. The number of hydrogen-bond acceptors (Lipinski definition) is 7. The molecule has 1 aliphatic rings. The second-order valence-electron chi connectivity index (χ2n) is 7.74. The van der Waals surface area contributed by atoms with Crippen LogP contribution in [0.5, 0.6) is 11.5 Å². The summed E-state index contributed by atoms with van der Waals surface area (Å²) in [6.07, 6.45) is 1.56. The van der Waals surface area contributed by atoms with Crippen LogP contribution in [0.2, 0.25) is 5.02 Å². The summed E-state index contributed by atoms with van der Waals surface area (Å²) in [5.74, 6) is -0.223. The molecule has 0 saturated carbocycles. The molecule has 37 heavy (non-hydrogen) atoms. The molecular weight excluding hydrogens is 591 g/mol. The number of non-ortho nitro benzene ring substituents is 1. The van der Waals surface area contributed by atoms with E-state index >= 15 is 0 Å². The second kappa shape index (κ2) is 11.3. The van der Waals surface area contributed by atoms with E-state index < -0.39 is 21.9 Å². The molecule has 3 aromatic rings. The predicted molar refractivity (Wildman–Crippen MR) is 141 cm³/mol. The van der Waals surface area contributed by atoms with Gasteiger partial charge < -0.3 is 9.47 Å². The van der Waals surface area contributed by atoms with E-state index in [1.807, 2.05) is 0 Å². The van der Waals surface area contributed by atoms with Crippen LogP contribution in [0.1, 0.15) is 16.7 Å². The lowest BCUT2D eigenvalue weighted by atomic mass is 10.1. The van der Waals surface area contributed by atoms with Crippen LogP contribution in [0.25, 0.3) is 6.08 Å². The first-order chi connectivity index (χ1) is 17.7. The third kappa shape index (κ3) is 6.12. The summed E-state index contributed by atoms with van der Waals surface area (Å²) in [4.78, 5) is 37.1. The Morgan fingerprint density at radius 1 is 1.14 bits per heavy atom. The Morgan fingerprint density at radius 2 is 1.86 bits per heavy atom. The standard InChI is InChI=1S/C25H17BrClFN2O6S/c1-35-21-8-16(19(26)11-22(21)36-13-14-2-6-18(7-3-14)30(33)34)9-23-24(31)29(25(32)37-23)12-15-4-5-17(28)10-20(15)27/h2-11H,12-13H2,1H3/b23-9-. The van der Waals surface area contributed by atoms with Crippen LogP contribution in [0, 0.1) is 15.9 Å². The van der Waals surface area contributed by atoms with Gasteiger partial charge in [-0.05, 0) is 70.9 Å². The van der Waals surface area contributed by atoms with E-state index in [9.17, 15) is 24.1 Å². The van der Waals surface area contributed by atoms with Crippen LogP contribution in [0.15, 0.2) is 64.0 Å². The summed E-state index contributed by atoms with van der Waals surface area (Å²) in [5, 5.41) is 10.5. The van der Waals surface area contributed by atoms with Crippen molar-refractivity contribution >= 4 is 62.2 Å². The van der Waals surface area contributed by atoms with Crippen molar-refractivity contribution in [3.05, 3.63) is 102 Å². The fourth-order valence-corrected chi connectivity index (χ4v) is 4.90. The maximum absolute atomic E-state index is 13.3. The van der Waals surface area contributed by atoms with Gasteiger partial charge in [-0.15, -0.1) is 0 Å². The molecule has 0 radical (unpaired) electrons. The van der Waals surface area contributed by atoms with Crippen LogP contribution in [-0.2, 0) is 17.9 Å². The molecule has 1 fully saturated rings. The number of nitro benzene ring substituents is 1. The molecule has 0 atom stereocenters. The molecule has 0 spiro atoms. The zero-order valence-electron chi connectivity index (χ0n) is 19.1. The van der Waals surface area contributed by atoms with Gasteiger partial charge in [0.25, 0.3) is 16.8 Å². The van der Waals surface area contributed by atoms with Gasteiger partial charge in [-0.1, -0.05) is 33.6 Å². The Labute approximate surface area is 228 Å². The highest BCUT2D eigenvalue weighted by Crippen LogP contribution is 2.39. The van der Waals surface area contributed by atoms with Gasteiger partial charge in [-0.2, -0.15) is 0 Å². The number of hydrogen-bond donors (Lipinski definition) is 0. The topological polar surface area (TPSA) is 99.0 Å². The third-order valence-corrected chi connectivity index (χ3v) is 7.27. The van der Waals surface area contributed by atoms with Crippen molar-refractivity contribution in [3.63, 3.8) is 0 Å². The average Bonchev–Trinajstić information content (AvgIpc) is 3.13. The first-order valence-electron chi connectivity index (χ1n) is 10.6. The maximum atomic E-state index is 13.3. The first-order valence-corrected chi connectivity index (χ1v) is 12.6. The molecule has 0 N–H and O–H groups in total. The van der Waals surface area contributed by atoms with Gasteiger partial charge >= 0.3 is 0 Å². The number of thioether (sulfide) groups is 1. The SMILES string of the molecule is COc1cc(/C=C2\SC(=O)N(Cc3ccc(F)cc3Cl)C2=O)c(Br)cc1OCc1ccc([N+](=O)[O-])cc1. The van der Waals surface area contributed by atoms with Gasteiger partial charge in [0.1, 0.15) is 12.4 Å². The van der Waals surface area contributed by atoms with Crippen molar-refractivity contribution in [2.75, 3.05) is 7.11 Å². The number of halogens is 3. The van der Waals surface area contributed by atoms with Crippen molar-refractivity contribution in [1.29, 1.82) is 0 Å². The zero-order chi connectivity index (χ0) is 26.7. The lowest BCUT2D eigenvalue weighted by Crippen LogP contribution is -2.27. The Bertz CT molecular complexity index is 1430. The monoisotopic (exact) mass is 606 g/mol. The predicted octanol–water partition coefficient (Wildman–Crippen LogP) is 6.97. The molecule has 3 aromatic carbocycles. The van der Waals surface area contributed by atoms with Crippen LogP contribution in [0.4, 0.5) is 14.9 Å². The van der Waals surface area contributed by atoms with E-state index in [-0.39, 0.29) is 28.8 Å². The van der Waals surface area contributed by atoms with Gasteiger partial charge in [0, 0.05) is 21.6 Å². The summed E-state index contributed by atoms with van der Waals surface area (Å²) in [5.41, 5.74) is 1.73. The van der Waals surface area contributed by atoms with Crippen molar-refractivity contribution in [2.45, 2.75) is 13.2 Å². The fourth-order valence-electron chi connectivity index (χ4n) is 3.41. The molecule has 1 aliphatic heterocycles. The van der Waals surface area contributed by atoms with Gasteiger partial charge in [0.15, 0.2) is 11.5 Å². The molecule has 190 valence electrons. The van der Waals surface area contributed by atoms with Gasteiger partial charge in [0.2, 0.25) is 0 Å². The molecule has 12 heteroatoms. The minimum atomic E-state index is -0.512. The van der Waals surface area contributed by atoms with Crippen LogP contribution < -0.4 is 9.47 Å². The number of ether oxygens (including phenoxy) is 2. The number of carbonyl (C=O) groups is 2. The fraction of sp³-hybridized carbons (Fsp3) is 0.120. The summed E-state index contributed by atoms with van der Waals surface area (Å²) in [7, 11) is 1.46. The number of rotatable bonds is 8. The van der Waals surface area contributed by atoms with E-state index in [1.165, 1.54) is 31.4 Å². The number of benzene rings is 3. The molecule has 2 amide bonds. The Kier molecular flexibility index (Phi) is 8.16. The van der Waals surface area contributed by atoms with Crippen LogP contribution in [0.3, 0.4) is 0 Å². The number of carbonyl (C=O) groups excluding carboxylic acids is 2. The minimum absolute atomic E-state index is 0.0152. The lowest BCUT2D eigenvalue weighted by molar-refractivity contribution is -0.384. The van der Waals surface area contributed by atoms with Crippen LogP contribution in [-0.4, -0.2) is 28.1 Å². The number of nitro groups is 1. The van der Waals surface area contributed by atoms with Gasteiger partial charge in [0.05, 0.1) is 23.5 Å². The lowest BCUT2D eigenvalue weighted by Gasteiger charge is -2.14.